The second kappa shape index (κ2) is 7.39. The Bertz CT molecular complexity index is 482. The number of hydrogen-bond donors (Lipinski definition) is 3. The number of carbonyl (C=O) groups excluding carboxylic acids is 1. The molecule has 1 rings (SSSR count). The zero-order chi connectivity index (χ0) is 15.1. The zero-order valence-electron chi connectivity index (χ0n) is 11.7. The number of hydrazine groups is 1. The first kappa shape index (κ1) is 15.8. The van der Waals surface area contributed by atoms with Crippen LogP contribution in [0, 0.1) is 0 Å². The largest absolute Gasteiger partial charge is 0.493 e. The average Bonchev–Trinajstić information content (AvgIpc) is 2.50. The van der Waals surface area contributed by atoms with Crippen LogP contribution in [0.5, 0.6) is 17.2 Å². The van der Waals surface area contributed by atoms with E-state index in [1.54, 1.807) is 19.2 Å². The Hall–Kier alpha value is -2.22. The van der Waals surface area contributed by atoms with Crippen LogP contribution >= 0.6 is 12.2 Å². The SMILES string of the molecule is CNC(=S)NNC(=O)c1cc(OC)c(OC)c(OC)c1. The van der Waals surface area contributed by atoms with Crippen molar-refractivity contribution < 1.29 is 19.0 Å². The topological polar surface area (TPSA) is 80.9 Å². The van der Waals surface area contributed by atoms with Crippen molar-refractivity contribution in [2.75, 3.05) is 28.4 Å². The van der Waals surface area contributed by atoms with Gasteiger partial charge >= 0.3 is 0 Å². The molecule has 110 valence electrons. The van der Waals surface area contributed by atoms with E-state index in [9.17, 15) is 4.79 Å². The maximum atomic E-state index is 12.0. The van der Waals surface area contributed by atoms with Crippen LogP contribution in [-0.2, 0) is 0 Å². The summed E-state index contributed by atoms with van der Waals surface area (Å²) in [6.07, 6.45) is 0. The fourth-order valence-corrected chi connectivity index (χ4v) is 1.51. The molecule has 8 heteroatoms. The van der Waals surface area contributed by atoms with Gasteiger partial charge in [-0.05, 0) is 24.4 Å². The standard InChI is InChI=1S/C12H17N3O4S/c1-13-12(20)15-14-11(16)7-5-8(17-2)10(19-4)9(6-7)18-3/h5-6H,1-4H3,(H,14,16)(H2,13,15,20). The molecular weight excluding hydrogens is 282 g/mol. The lowest BCUT2D eigenvalue weighted by atomic mass is 10.1. The highest BCUT2D eigenvalue weighted by molar-refractivity contribution is 7.80. The normalized spacial score (nSPS) is 9.40. The molecule has 0 aliphatic heterocycles. The van der Waals surface area contributed by atoms with E-state index < -0.39 is 0 Å². The van der Waals surface area contributed by atoms with E-state index in [2.05, 4.69) is 16.2 Å². The van der Waals surface area contributed by atoms with Gasteiger partial charge in [-0.2, -0.15) is 0 Å². The van der Waals surface area contributed by atoms with E-state index >= 15 is 0 Å². The Morgan fingerprint density at radius 3 is 2.00 bits per heavy atom. The number of hydrogen-bond acceptors (Lipinski definition) is 5. The third-order valence-electron chi connectivity index (χ3n) is 2.44. The summed E-state index contributed by atoms with van der Waals surface area (Å²) < 4.78 is 15.5. The molecule has 0 aromatic heterocycles. The summed E-state index contributed by atoms with van der Waals surface area (Å²) in [6.45, 7) is 0. The third-order valence-corrected chi connectivity index (χ3v) is 2.75. The molecule has 0 aliphatic carbocycles. The van der Waals surface area contributed by atoms with E-state index in [4.69, 9.17) is 26.4 Å². The molecule has 1 amide bonds. The number of amides is 1. The first-order chi connectivity index (χ1) is 9.57. The molecule has 0 saturated heterocycles. The van der Waals surface area contributed by atoms with Crippen molar-refractivity contribution >= 4 is 23.2 Å². The van der Waals surface area contributed by atoms with Crippen molar-refractivity contribution in [3.63, 3.8) is 0 Å². The summed E-state index contributed by atoms with van der Waals surface area (Å²) in [5.41, 5.74) is 5.33. The number of carbonyl (C=O) groups is 1. The second-order valence-electron chi connectivity index (χ2n) is 3.57. The van der Waals surface area contributed by atoms with Crippen LogP contribution in [0.1, 0.15) is 10.4 Å². The fraction of sp³-hybridized carbons (Fsp3) is 0.333. The van der Waals surface area contributed by atoms with Crippen molar-refractivity contribution in [1.29, 1.82) is 0 Å². The molecule has 0 unspecified atom stereocenters. The maximum Gasteiger partial charge on any atom is 0.269 e. The average molecular weight is 299 g/mol. The van der Waals surface area contributed by atoms with Crippen molar-refractivity contribution in [2.24, 2.45) is 0 Å². The monoisotopic (exact) mass is 299 g/mol. The van der Waals surface area contributed by atoms with Crippen molar-refractivity contribution in [1.82, 2.24) is 16.2 Å². The highest BCUT2D eigenvalue weighted by atomic mass is 32.1. The number of ether oxygens (including phenoxy) is 3. The summed E-state index contributed by atoms with van der Waals surface area (Å²) >= 11 is 4.85. The molecule has 20 heavy (non-hydrogen) atoms. The van der Waals surface area contributed by atoms with E-state index in [-0.39, 0.29) is 5.91 Å². The van der Waals surface area contributed by atoms with Gasteiger partial charge in [0.1, 0.15) is 0 Å². The Kier molecular flexibility index (Phi) is 5.85. The zero-order valence-corrected chi connectivity index (χ0v) is 12.5. The molecule has 0 bridgehead atoms. The second-order valence-corrected chi connectivity index (χ2v) is 3.98. The first-order valence-corrected chi connectivity index (χ1v) is 6.06. The minimum Gasteiger partial charge on any atom is -0.493 e. The number of benzene rings is 1. The maximum absolute atomic E-state index is 12.0. The lowest BCUT2D eigenvalue weighted by Gasteiger charge is -2.14. The van der Waals surface area contributed by atoms with Gasteiger partial charge in [0.05, 0.1) is 21.3 Å². The van der Waals surface area contributed by atoms with Gasteiger partial charge in [0, 0.05) is 12.6 Å². The van der Waals surface area contributed by atoms with Gasteiger partial charge in [0.2, 0.25) is 5.75 Å². The van der Waals surface area contributed by atoms with Crippen LogP contribution < -0.4 is 30.4 Å². The van der Waals surface area contributed by atoms with Gasteiger partial charge < -0.3 is 19.5 Å². The highest BCUT2D eigenvalue weighted by Gasteiger charge is 2.16. The molecule has 0 spiro atoms. The summed E-state index contributed by atoms with van der Waals surface area (Å²) in [5, 5.41) is 2.97. The lowest BCUT2D eigenvalue weighted by Crippen LogP contribution is -2.45. The molecule has 0 aliphatic rings. The number of methoxy groups -OCH3 is 3. The van der Waals surface area contributed by atoms with Crippen LogP contribution in [0.2, 0.25) is 0 Å². The summed E-state index contributed by atoms with van der Waals surface area (Å²) in [6, 6.07) is 3.08. The van der Waals surface area contributed by atoms with Crippen LogP contribution in [0.25, 0.3) is 0 Å². The molecule has 0 fully saturated rings. The summed E-state index contributed by atoms with van der Waals surface area (Å²) in [7, 11) is 6.09. The quantitative estimate of drug-likeness (QED) is 0.550. The van der Waals surface area contributed by atoms with E-state index in [1.807, 2.05) is 0 Å². The number of nitrogens with one attached hydrogen (secondary N) is 3. The van der Waals surface area contributed by atoms with Crippen LogP contribution in [0.15, 0.2) is 12.1 Å². The molecule has 0 atom stereocenters. The Morgan fingerprint density at radius 2 is 1.60 bits per heavy atom. The highest BCUT2D eigenvalue weighted by Crippen LogP contribution is 2.38. The van der Waals surface area contributed by atoms with Crippen LogP contribution in [-0.4, -0.2) is 39.4 Å². The van der Waals surface area contributed by atoms with Gasteiger partial charge in [-0.1, -0.05) is 0 Å². The predicted octanol–water partition coefficient (Wildman–Crippen LogP) is 0.451. The molecule has 0 saturated carbocycles. The van der Waals surface area contributed by atoms with Crippen LogP contribution in [0.4, 0.5) is 0 Å². The van der Waals surface area contributed by atoms with Gasteiger partial charge in [-0.15, -0.1) is 0 Å². The lowest BCUT2D eigenvalue weighted by molar-refractivity contribution is 0.0943. The molecule has 0 heterocycles. The van der Waals surface area contributed by atoms with Gasteiger partial charge in [0.25, 0.3) is 5.91 Å². The van der Waals surface area contributed by atoms with Gasteiger partial charge in [-0.3, -0.25) is 15.6 Å². The number of thiocarbonyl (C=S) groups is 1. The Labute approximate surface area is 122 Å². The van der Waals surface area contributed by atoms with Crippen molar-refractivity contribution in [2.45, 2.75) is 0 Å². The summed E-state index contributed by atoms with van der Waals surface area (Å²) in [4.78, 5) is 12.0. The minimum absolute atomic E-state index is 0.297. The molecule has 7 nitrogen and oxygen atoms in total. The third kappa shape index (κ3) is 3.64. The molecule has 0 radical (unpaired) electrons. The molecule has 3 N–H and O–H groups in total. The first-order valence-electron chi connectivity index (χ1n) is 5.65. The van der Waals surface area contributed by atoms with Crippen molar-refractivity contribution in [3.8, 4) is 17.2 Å². The summed E-state index contributed by atoms with van der Waals surface area (Å²) in [5.74, 6) is 0.827. The molecule has 1 aromatic carbocycles. The van der Waals surface area contributed by atoms with Crippen LogP contribution in [0.3, 0.4) is 0 Å². The molecular formula is C12H17N3O4S. The van der Waals surface area contributed by atoms with E-state index in [0.717, 1.165) is 0 Å². The fourth-order valence-electron chi connectivity index (χ4n) is 1.46. The van der Waals surface area contributed by atoms with Gasteiger partial charge in [0.15, 0.2) is 16.6 Å². The Balaban J connectivity index is 3.00. The minimum atomic E-state index is -0.387. The molecule has 1 aromatic rings. The van der Waals surface area contributed by atoms with E-state index in [1.165, 1.54) is 21.3 Å². The van der Waals surface area contributed by atoms with Crippen molar-refractivity contribution in [3.05, 3.63) is 17.7 Å². The number of rotatable bonds is 4. The van der Waals surface area contributed by atoms with E-state index in [0.29, 0.717) is 27.9 Å². The smallest absolute Gasteiger partial charge is 0.269 e. The van der Waals surface area contributed by atoms with Gasteiger partial charge in [-0.25, -0.2) is 0 Å². The Morgan fingerprint density at radius 1 is 1.05 bits per heavy atom. The predicted molar refractivity (Wildman–Crippen MR) is 78.4 cm³/mol.